The maximum Gasteiger partial charge on any atom is 0.0451 e. The van der Waals surface area contributed by atoms with Crippen LogP contribution in [0.4, 0.5) is 0 Å². The molecule has 0 aliphatic carbocycles. The molecule has 1 aliphatic rings. The summed E-state index contributed by atoms with van der Waals surface area (Å²) in [4.78, 5) is 2.50. The maximum absolute atomic E-state index is 6.20. The van der Waals surface area contributed by atoms with Gasteiger partial charge in [-0.3, -0.25) is 0 Å². The van der Waals surface area contributed by atoms with E-state index in [1.807, 2.05) is 12.1 Å². The molecule has 0 bridgehead atoms. The Labute approximate surface area is 123 Å². The SMILES string of the molecule is CCN1CCCC(NCc2cc(Br)ccc2Cl)C1. The van der Waals surface area contributed by atoms with Crippen molar-refractivity contribution in [3.8, 4) is 0 Å². The van der Waals surface area contributed by atoms with Gasteiger partial charge in [-0.1, -0.05) is 34.5 Å². The second-order valence-corrected chi connectivity index (χ2v) is 6.17. The van der Waals surface area contributed by atoms with E-state index in [0.29, 0.717) is 6.04 Å². The number of hydrogen-bond acceptors (Lipinski definition) is 2. The van der Waals surface area contributed by atoms with Crippen LogP contribution >= 0.6 is 27.5 Å². The Morgan fingerprint density at radius 2 is 2.33 bits per heavy atom. The highest BCUT2D eigenvalue weighted by atomic mass is 79.9. The summed E-state index contributed by atoms with van der Waals surface area (Å²) >= 11 is 9.69. The van der Waals surface area contributed by atoms with Crippen molar-refractivity contribution in [1.82, 2.24) is 10.2 Å². The molecule has 1 N–H and O–H groups in total. The van der Waals surface area contributed by atoms with E-state index in [1.165, 1.54) is 24.9 Å². The standard InChI is InChI=1S/C14H20BrClN2/c1-2-18-7-3-4-13(10-18)17-9-11-8-12(15)5-6-14(11)16/h5-6,8,13,17H,2-4,7,9-10H2,1H3. The first-order chi connectivity index (χ1) is 8.69. The molecule has 0 saturated carbocycles. The van der Waals surface area contributed by atoms with Crippen LogP contribution in [-0.4, -0.2) is 30.6 Å². The first-order valence-electron chi connectivity index (χ1n) is 6.58. The van der Waals surface area contributed by atoms with E-state index >= 15 is 0 Å². The lowest BCUT2D eigenvalue weighted by molar-refractivity contribution is 0.198. The van der Waals surface area contributed by atoms with Gasteiger partial charge in [-0.2, -0.15) is 0 Å². The summed E-state index contributed by atoms with van der Waals surface area (Å²) in [5, 5.41) is 4.46. The highest BCUT2D eigenvalue weighted by molar-refractivity contribution is 9.10. The van der Waals surface area contributed by atoms with Crippen molar-refractivity contribution >= 4 is 27.5 Å². The van der Waals surface area contributed by atoms with Gasteiger partial charge in [-0.15, -0.1) is 0 Å². The Hall–Kier alpha value is -0.0900. The zero-order chi connectivity index (χ0) is 13.0. The molecule has 18 heavy (non-hydrogen) atoms. The molecular weight excluding hydrogens is 312 g/mol. The van der Waals surface area contributed by atoms with E-state index in [9.17, 15) is 0 Å². The average molecular weight is 332 g/mol. The smallest absolute Gasteiger partial charge is 0.0451 e. The molecule has 1 aromatic rings. The summed E-state index contributed by atoms with van der Waals surface area (Å²) in [5.41, 5.74) is 1.17. The molecule has 0 aromatic heterocycles. The summed E-state index contributed by atoms with van der Waals surface area (Å²) in [6, 6.07) is 6.61. The van der Waals surface area contributed by atoms with Crippen LogP contribution in [0.25, 0.3) is 0 Å². The minimum Gasteiger partial charge on any atom is -0.309 e. The number of nitrogens with one attached hydrogen (secondary N) is 1. The molecule has 1 aromatic carbocycles. The van der Waals surface area contributed by atoms with Gasteiger partial charge < -0.3 is 10.2 Å². The van der Waals surface area contributed by atoms with Crippen LogP contribution < -0.4 is 5.32 Å². The fourth-order valence-electron chi connectivity index (χ4n) is 2.44. The number of hydrogen-bond donors (Lipinski definition) is 1. The van der Waals surface area contributed by atoms with Gasteiger partial charge in [0.25, 0.3) is 0 Å². The third kappa shape index (κ3) is 3.95. The predicted molar refractivity (Wildman–Crippen MR) is 81.1 cm³/mol. The highest BCUT2D eigenvalue weighted by Crippen LogP contribution is 2.21. The second kappa shape index (κ2) is 6.90. The van der Waals surface area contributed by atoms with Crippen molar-refractivity contribution in [1.29, 1.82) is 0 Å². The van der Waals surface area contributed by atoms with Crippen molar-refractivity contribution in [2.45, 2.75) is 32.4 Å². The number of rotatable bonds is 4. The zero-order valence-corrected chi connectivity index (χ0v) is 13.1. The first-order valence-corrected chi connectivity index (χ1v) is 7.76. The Balaban J connectivity index is 1.89. The fourth-order valence-corrected chi connectivity index (χ4v) is 3.04. The average Bonchev–Trinajstić information content (AvgIpc) is 2.40. The largest absolute Gasteiger partial charge is 0.309 e. The summed E-state index contributed by atoms with van der Waals surface area (Å²) < 4.78 is 1.09. The van der Waals surface area contributed by atoms with Gasteiger partial charge in [0, 0.05) is 28.6 Å². The van der Waals surface area contributed by atoms with E-state index in [4.69, 9.17) is 11.6 Å². The zero-order valence-electron chi connectivity index (χ0n) is 10.8. The van der Waals surface area contributed by atoms with Crippen LogP contribution in [0, 0.1) is 0 Å². The van der Waals surface area contributed by atoms with Crippen LogP contribution in [0.2, 0.25) is 5.02 Å². The molecule has 1 unspecified atom stereocenters. The third-order valence-corrected chi connectivity index (χ3v) is 4.40. The third-order valence-electron chi connectivity index (χ3n) is 3.54. The van der Waals surface area contributed by atoms with Crippen LogP contribution in [0.5, 0.6) is 0 Å². The van der Waals surface area contributed by atoms with Crippen LogP contribution in [0.1, 0.15) is 25.3 Å². The quantitative estimate of drug-likeness (QED) is 0.905. The number of nitrogens with zero attached hydrogens (tertiary/aromatic N) is 1. The topological polar surface area (TPSA) is 15.3 Å². The predicted octanol–water partition coefficient (Wildman–Crippen LogP) is 3.68. The molecule has 0 radical (unpaired) electrons. The van der Waals surface area contributed by atoms with Crippen molar-refractivity contribution < 1.29 is 0 Å². The fraction of sp³-hybridized carbons (Fsp3) is 0.571. The molecule has 100 valence electrons. The van der Waals surface area contributed by atoms with Crippen molar-refractivity contribution in [2.24, 2.45) is 0 Å². The van der Waals surface area contributed by atoms with Crippen LogP contribution in [0.3, 0.4) is 0 Å². The van der Waals surface area contributed by atoms with Crippen molar-refractivity contribution in [2.75, 3.05) is 19.6 Å². The molecule has 2 nitrogen and oxygen atoms in total. The molecule has 1 aliphatic heterocycles. The van der Waals surface area contributed by atoms with Gasteiger partial charge in [-0.25, -0.2) is 0 Å². The lowest BCUT2D eigenvalue weighted by atomic mass is 10.1. The number of likely N-dealkylation sites (N-methyl/N-ethyl adjacent to an activating group) is 1. The summed E-state index contributed by atoms with van der Waals surface area (Å²) in [6.45, 7) is 6.62. The van der Waals surface area contributed by atoms with E-state index in [2.05, 4.69) is 39.1 Å². The van der Waals surface area contributed by atoms with Gasteiger partial charge in [0.15, 0.2) is 0 Å². The summed E-state index contributed by atoms with van der Waals surface area (Å²) in [6.07, 6.45) is 2.56. The van der Waals surface area contributed by atoms with Gasteiger partial charge in [0.1, 0.15) is 0 Å². The molecule has 1 saturated heterocycles. The molecule has 4 heteroatoms. The second-order valence-electron chi connectivity index (χ2n) is 4.85. The van der Waals surface area contributed by atoms with Gasteiger partial charge in [0.2, 0.25) is 0 Å². The molecule has 1 fully saturated rings. The minimum absolute atomic E-state index is 0.591. The van der Waals surface area contributed by atoms with E-state index in [1.54, 1.807) is 0 Å². The highest BCUT2D eigenvalue weighted by Gasteiger charge is 2.18. The Bertz CT molecular complexity index is 397. The lowest BCUT2D eigenvalue weighted by Gasteiger charge is -2.32. The molecule has 1 atom stereocenters. The van der Waals surface area contributed by atoms with E-state index < -0.39 is 0 Å². The lowest BCUT2D eigenvalue weighted by Crippen LogP contribution is -2.45. The molecule has 0 spiro atoms. The van der Waals surface area contributed by atoms with Crippen LogP contribution in [-0.2, 0) is 6.54 Å². The van der Waals surface area contributed by atoms with Gasteiger partial charge in [-0.05, 0) is 49.7 Å². The molecule has 2 rings (SSSR count). The van der Waals surface area contributed by atoms with Gasteiger partial charge >= 0.3 is 0 Å². The summed E-state index contributed by atoms with van der Waals surface area (Å²) in [5.74, 6) is 0. The van der Waals surface area contributed by atoms with Crippen molar-refractivity contribution in [3.63, 3.8) is 0 Å². The van der Waals surface area contributed by atoms with Crippen LogP contribution in [0.15, 0.2) is 22.7 Å². The monoisotopic (exact) mass is 330 g/mol. The number of likely N-dealkylation sites (tertiary alicyclic amines) is 1. The van der Waals surface area contributed by atoms with E-state index in [-0.39, 0.29) is 0 Å². The first kappa shape index (κ1) is 14.3. The Morgan fingerprint density at radius 1 is 1.50 bits per heavy atom. The molecular formula is C14H20BrClN2. The van der Waals surface area contributed by atoms with Gasteiger partial charge in [0.05, 0.1) is 0 Å². The number of piperidine rings is 1. The summed E-state index contributed by atoms with van der Waals surface area (Å²) in [7, 11) is 0. The maximum atomic E-state index is 6.20. The minimum atomic E-state index is 0.591. The molecule has 0 amide bonds. The van der Waals surface area contributed by atoms with E-state index in [0.717, 1.165) is 29.1 Å². The molecule has 1 heterocycles. The number of halogens is 2. The Morgan fingerprint density at radius 3 is 3.11 bits per heavy atom. The normalized spacial score (nSPS) is 21.2. The van der Waals surface area contributed by atoms with Crippen molar-refractivity contribution in [3.05, 3.63) is 33.3 Å². The number of benzene rings is 1. The Kier molecular flexibility index (Phi) is 5.49.